The van der Waals surface area contributed by atoms with Gasteiger partial charge in [0.2, 0.25) is 10.0 Å². The van der Waals surface area contributed by atoms with Crippen LogP contribution < -0.4 is 4.31 Å². The van der Waals surface area contributed by atoms with Gasteiger partial charge in [0, 0.05) is 12.7 Å². The molecule has 4 nitrogen and oxygen atoms in total. The summed E-state index contributed by atoms with van der Waals surface area (Å²) < 4.78 is 24.7. The van der Waals surface area contributed by atoms with Gasteiger partial charge in [0.05, 0.1) is 10.7 Å². The first kappa shape index (κ1) is 11.5. The lowest BCUT2D eigenvalue weighted by atomic mass is 10.4. The molecule has 0 fully saturated rings. The van der Waals surface area contributed by atoms with Crippen molar-refractivity contribution in [3.8, 4) is 0 Å². The number of sulfonamides is 1. The molecule has 78 valence electrons. The van der Waals surface area contributed by atoms with Gasteiger partial charge in [-0.25, -0.2) is 13.4 Å². The molecule has 0 aliphatic rings. The number of nitrogens with zero attached hydrogens (tertiary/aromatic N) is 2. The van der Waals surface area contributed by atoms with E-state index in [4.69, 9.17) is 0 Å². The third-order valence-electron chi connectivity index (χ3n) is 1.66. The molecule has 0 aliphatic heterocycles. The largest absolute Gasteiger partial charge is 0.253 e. The minimum atomic E-state index is -3.25. The van der Waals surface area contributed by atoms with E-state index in [0.717, 1.165) is 6.26 Å². The van der Waals surface area contributed by atoms with Crippen LogP contribution in [-0.4, -0.2) is 26.2 Å². The fourth-order valence-corrected chi connectivity index (χ4v) is 2.62. The molecule has 1 heterocycles. The molecule has 6 heteroatoms. The third-order valence-corrected chi connectivity index (χ3v) is 3.51. The van der Waals surface area contributed by atoms with E-state index in [2.05, 4.69) is 20.9 Å². The Hall–Kier alpha value is -0.620. The number of halogens is 1. The second-order valence-corrected chi connectivity index (χ2v) is 5.50. The Labute approximate surface area is 92.1 Å². The lowest BCUT2D eigenvalue weighted by Crippen LogP contribution is -2.30. The molecule has 0 saturated carbocycles. The molecule has 1 aromatic heterocycles. The first-order valence-corrected chi connectivity index (χ1v) is 6.69. The highest BCUT2D eigenvalue weighted by atomic mass is 79.9. The van der Waals surface area contributed by atoms with Gasteiger partial charge >= 0.3 is 0 Å². The Balaban J connectivity index is 3.21. The van der Waals surface area contributed by atoms with E-state index in [1.807, 2.05) is 0 Å². The standard InChI is InChI=1S/C8H11BrN2O2S/c1-3-11(14(2,12)13)8-7(9)5-4-6-10-8/h4-6H,3H2,1-2H3. The van der Waals surface area contributed by atoms with Crippen molar-refractivity contribution in [3.63, 3.8) is 0 Å². The van der Waals surface area contributed by atoms with Crippen molar-refractivity contribution in [1.82, 2.24) is 4.98 Å². The molecular weight excluding hydrogens is 268 g/mol. The van der Waals surface area contributed by atoms with Crippen LogP contribution in [0.3, 0.4) is 0 Å². The molecular formula is C8H11BrN2O2S. The molecule has 0 unspecified atom stereocenters. The zero-order chi connectivity index (χ0) is 10.8. The minimum absolute atomic E-state index is 0.369. The number of aromatic nitrogens is 1. The summed E-state index contributed by atoms with van der Waals surface area (Å²) >= 11 is 3.26. The molecule has 0 radical (unpaired) electrons. The molecule has 0 atom stereocenters. The summed E-state index contributed by atoms with van der Waals surface area (Å²) in [7, 11) is -3.25. The van der Waals surface area contributed by atoms with E-state index in [1.165, 1.54) is 4.31 Å². The number of anilines is 1. The lowest BCUT2D eigenvalue weighted by molar-refractivity contribution is 0.597. The van der Waals surface area contributed by atoms with Crippen LogP contribution in [0.15, 0.2) is 22.8 Å². The highest BCUT2D eigenvalue weighted by Gasteiger charge is 2.18. The quantitative estimate of drug-likeness (QED) is 0.845. The van der Waals surface area contributed by atoms with Crippen LogP contribution in [0.25, 0.3) is 0 Å². The van der Waals surface area contributed by atoms with Crippen LogP contribution in [0.5, 0.6) is 0 Å². The van der Waals surface area contributed by atoms with Crippen LogP contribution in [0, 0.1) is 0 Å². The average molecular weight is 279 g/mol. The maximum Gasteiger partial charge on any atom is 0.233 e. The second kappa shape index (κ2) is 4.27. The van der Waals surface area contributed by atoms with Crippen LogP contribution in [-0.2, 0) is 10.0 Å². The first-order chi connectivity index (χ1) is 6.46. The van der Waals surface area contributed by atoms with E-state index in [-0.39, 0.29) is 0 Å². The smallest absolute Gasteiger partial charge is 0.233 e. The summed E-state index contributed by atoms with van der Waals surface area (Å²) in [5.74, 6) is 0.428. The second-order valence-electron chi connectivity index (χ2n) is 2.74. The monoisotopic (exact) mass is 278 g/mol. The summed E-state index contributed by atoms with van der Waals surface area (Å²) in [5.41, 5.74) is 0. The molecule has 1 rings (SSSR count). The molecule has 1 aromatic rings. The fraction of sp³-hybridized carbons (Fsp3) is 0.375. The first-order valence-electron chi connectivity index (χ1n) is 4.05. The van der Waals surface area contributed by atoms with Crippen molar-refractivity contribution < 1.29 is 8.42 Å². The fourth-order valence-electron chi connectivity index (χ4n) is 1.10. The summed E-state index contributed by atoms with van der Waals surface area (Å²) in [6.07, 6.45) is 2.73. The van der Waals surface area contributed by atoms with E-state index in [9.17, 15) is 8.42 Å². The van der Waals surface area contributed by atoms with E-state index < -0.39 is 10.0 Å². The minimum Gasteiger partial charge on any atom is -0.253 e. The molecule has 0 spiro atoms. The highest BCUT2D eigenvalue weighted by Crippen LogP contribution is 2.24. The molecule has 0 N–H and O–H groups in total. The predicted octanol–water partition coefficient (Wildman–Crippen LogP) is 1.63. The Morgan fingerprint density at radius 3 is 2.64 bits per heavy atom. The Kier molecular flexibility index (Phi) is 3.49. The lowest BCUT2D eigenvalue weighted by Gasteiger charge is -2.19. The van der Waals surface area contributed by atoms with Gasteiger partial charge in [0.1, 0.15) is 0 Å². The molecule has 0 aliphatic carbocycles. The van der Waals surface area contributed by atoms with Crippen molar-refractivity contribution in [1.29, 1.82) is 0 Å². The number of hydrogen-bond donors (Lipinski definition) is 0. The third kappa shape index (κ3) is 2.45. The molecule has 0 bridgehead atoms. The predicted molar refractivity (Wildman–Crippen MR) is 59.8 cm³/mol. The van der Waals surface area contributed by atoms with Crippen molar-refractivity contribution in [2.24, 2.45) is 0 Å². The topological polar surface area (TPSA) is 50.3 Å². The van der Waals surface area contributed by atoms with Gasteiger partial charge < -0.3 is 0 Å². The number of rotatable bonds is 3. The van der Waals surface area contributed by atoms with Gasteiger partial charge in [-0.2, -0.15) is 0 Å². The van der Waals surface area contributed by atoms with Gasteiger partial charge in [-0.3, -0.25) is 4.31 Å². The SMILES string of the molecule is CCN(c1ncccc1Br)S(C)(=O)=O. The van der Waals surface area contributed by atoms with Crippen molar-refractivity contribution in [3.05, 3.63) is 22.8 Å². The summed E-state index contributed by atoms with van der Waals surface area (Å²) in [5, 5.41) is 0. The van der Waals surface area contributed by atoms with Crippen molar-refractivity contribution in [2.45, 2.75) is 6.92 Å². The molecule has 14 heavy (non-hydrogen) atoms. The van der Waals surface area contributed by atoms with Crippen molar-refractivity contribution in [2.75, 3.05) is 17.1 Å². The Morgan fingerprint density at radius 2 is 2.21 bits per heavy atom. The van der Waals surface area contributed by atoms with Crippen LogP contribution in [0.1, 0.15) is 6.92 Å². The van der Waals surface area contributed by atoms with E-state index >= 15 is 0 Å². The molecule has 0 saturated heterocycles. The van der Waals surface area contributed by atoms with Gasteiger partial charge in [-0.05, 0) is 35.0 Å². The summed E-state index contributed by atoms with van der Waals surface area (Å²) in [6, 6.07) is 3.50. The van der Waals surface area contributed by atoms with Crippen LogP contribution in [0.4, 0.5) is 5.82 Å². The van der Waals surface area contributed by atoms with Gasteiger partial charge in [0.15, 0.2) is 5.82 Å². The maximum absolute atomic E-state index is 11.4. The maximum atomic E-state index is 11.4. The average Bonchev–Trinajstić information content (AvgIpc) is 2.07. The Morgan fingerprint density at radius 1 is 1.57 bits per heavy atom. The Bertz CT molecular complexity index is 419. The zero-order valence-electron chi connectivity index (χ0n) is 7.94. The summed E-state index contributed by atoms with van der Waals surface area (Å²) in [6.45, 7) is 2.14. The van der Waals surface area contributed by atoms with E-state index in [1.54, 1.807) is 25.3 Å². The van der Waals surface area contributed by atoms with Gasteiger partial charge in [0.25, 0.3) is 0 Å². The summed E-state index contributed by atoms with van der Waals surface area (Å²) in [4.78, 5) is 4.02. The zero-order valence-corrected chi connectivity index (χ0v) is 10.3. The van der Waals surface area contributed by atoms with E-state index in [0.29, 0.717) is 16.8 Å². The molecule has 0 amide bonds. The molecule has 0 aromatic carbocycles. The van der Waals surface area contributed by atoms with Gasteiger partial charge in [-0.1, -0.05) is 0 Å². The van der Waals surface area contributed by atoms with Crippen LogP contribution >= 0.6 is 15.9 Å². The number of hydrogen-bond acceptors (Lipinski definition) is 3. The van der Waals surface area contributed by atoms with Crippen LogP contribution in [0.2, 0.25) is 0 Å². The highest BCUT2D eigenvalue weighted by molar-refractivity contribution is 9.10. The number of pyridine rings is 1. The van der Waals surface area contributed by atoms with Crippen molar-refractivity contribution >= 4 is 31.8 Å². The van der Waals surface area contributed by atoms with Gasteiger partial charge in [-0.15, -0.1) is 0 Å². The normalized spacial score (nSPS) is 11.4.